The lowest BCUT2D eigenvalue weighted by molar-refractivity contribution is -0.246. The number of fused-ring (bicyclic) bond motifs is 1. The molecule has 3 saturated heterocycles. The minimum atomic E-state index is -0.623. The van der Waals surface area contributed by atoms with E-state index in [0.717, 1.165) is 0 Å². The molecule has 0 radical (unpaired) electrons. The predicted octanol–water partition coefficient (Wildman–Crippen LogP) is 1.42. The summed E-state index contributed by atoms with van der Waals surface area (Å²) in [6.07, 6.45) is -1.23. The molecule has 0 N–H and O–H groups in total. The second-order valence-corrected chi connectivity index (χ2v) is 6.36. The van der Waals surface area contributed by atoms with Crippen molar-refractivity contribution in [1.29, 1.82) is 0 Å². The van der Waals surface area contributed by atoms with E-state index in [4.69, 9.17) is 28.4 Å². The molecule has 3 rings (SSSR count). The van der Waals surface area contributed by atoms with E-state index in [9.17, 15) is 0 Å². The van der Waals surface area contributed by atoms with Crippen LogP contribution in [0.1, 0.15) is 34.6 Å². The van der Waals surface area contributed by atoms with Gasteiger partial charge in [-0.1, -0.05) is 0 Å². The summed E-state index contributed by atoms with van der Waals surface area (Å²) in [4.78, 5) is 0. The Labute approximate surface area is 119 Å². The summed E-state index contributed by atoms with van der Waals surface area (Å²) in [5.41, 5.74) is 0. The Balaban J connectivity index is 1.75. The quantitative estimate of drug-likeness (QED) is 0.783. The van der Waals surface area contributed by atoms with Crippen molar-refractivity contribution in [3.8, 4) is 0 Å². The first-order valence-electron chi connectivity index (χ1n) is 7.26. The van der Waals surface area contributed by atoms with E-state index in [1.165, 1.54) is 0 Å². The van der Waals surface area contributed by atoms with Crippen LogP contribution in [0.2, 0.25) is 0 Å². The van der Waals surface area contributed by atoms with Crippen LogP contribution < -0.4 is 0 Å². The van der Waals surface area contributed by atoms with E-state index in [0.29, 0.717) is 13.2 Å². The van der Waals surface area contributed by atoms with Crippen molar-refractivity contribution in [2.24, 2.45) is 0 Å². The predicted molar refractivity (Wildman–Crippen MR) is 69.0 cm³/mol. The molecule has 5 atom stereocenters. The maximum Gasteiger partial charge on any atom is 0.187 e. The Morgan fingerprint density at radius 3 is 2.25 bits per heavy atom. The first-order valence-corrected chi connectivity index (χ1v) is 7.26. The molecule has 3 aliphatic heterocycles. The van der Waals surface area contributed by atoms with Gasteiger partial charge in [0.1, 0.15) is 24.4 Å². The van der Waals surface area contributed by atoms with E-state index in [2.05, 4.69) is 0 Å². The first-order chi connectivity index (χ1) is 9.31. The average molecular weight is 288 g/mol. The molecule has 0 saturated carbocycles. The number of hydrogen-bond donors (Lipinski definition) is 0. The third kappa shape index (κ3) is 2.61. The highest BCUT2D eigenvalue weighted by Gasteiger charge is 2.59. The molecule has 0 aromatic carbocycles. The smallest absolute Gasteiger partial charge is 0.187 e. The number of hydrogen-bond acceptors (Lipinski definition) is 6. The summed E-state index contributed by atoms with van der Waals surface area (Å²) >= 11 is 0. The second kappa shape index (κ2) is 4.90. The lowest BCUT2D eigenvalue weighted by Crippen LogP contribution is -2.40. The largest absolute Gasteiger partial charge is 0.350 e. The van der Waals surface area contributed by atoms with Crippen molar-refractivity contribution in [1.82, 2.24) is 0 Å². The Kier molecular flexibility index (Phi) is 3.60. The van der Waals surface area contributed by atoms with Crippen molar-refractivity contribution in [2.75, 3.05) is 13.2 Å². The van der Waals surface area contributed by atoms with E-state index in [1.807, 2.05) is 34.6 Å². The second-order valence-electron chi connectivity index (χ2n) is 6.36. The first kappa shape index (κ1) is 14.7. The van der Waals surface area contributed by atoms with Gasteiger partial charge < -0.3 is 28.4 Å². The van der Waals surface area contributed by atoms with Gasteiger partial charge in [-0.2, -0.15) is 0 Å². The van der Waals surface area contributed by atoms with Gasteiger partial charge in [-0.25, -0.2) is 0 Å². The van der Waals surface area contributed by atoms with Gasteiger partial charge in [-0.3, -0.25) is 0 Å². The van der Waals surface area contributed by atoms with Gasteiger partial charge >= 0.3 is 0 Å². The van der Waals surface area contributed by atoms with Crippen LogP contribution in [0.5, 0.6) is 0 Å². The van der Waals surface area contributed by atoms with Crippen LogP contribution in [0.25, 0.3) is 0 Å². The molecule has 0 bridgehead atoms. The fraction of sp³-hybridized carbons (Fsp3) is 1.00. The van der Waals surface area contributed by atoms with Crippen molar-refractivity contribution >= 4 is 0 Å². The van der Waals surface area contributed by atoms with Gasteiger partial charge in [-0.05, 0) is 34.6 Å². The molecule has 3 fully saturated rings. The van der Waals surface area contributed by atoms with Gasteiger partial charge in [0, 0.05) is 6.61 Å². The molecule has 6 nitrogen and oxygen atoms in total. The fourth-order valence-electron chi connectivity index (χ4n) is 3.07. The molecule has 6 heteroatoms. The summed E-state index contributed by atoms with van der Waals surface area (Å²) in [5, 5.41) is 0. The molecule has 0 aliphatic carbocycles. The lowest BCUT2D eigenvalue weighted by Gasteiger charge is -2.26. The van der Waals surface area contributed by atoms with Crippen molar-refractivity contribution in [3.63, 3.8) is 0 Å². The van der Waals surface area contributed by atoms with Crippen LogP contribution in [0.15, 0.2) is 0 Å². The summed E-state index contributed by atoms with van der Waals surface area (Å²) in [5.74, 6) is -1.20. The van der Waals surface area contributed by atoms with E-state index >= 15 is 0 Å². The fourth-order valence-corrected chi connectivity index (χ4v) is 3.07. The zero-order valence-corrected chi connectivity index (χ0v) is 12.8. The zero-order valence-electron chi connectivity index (χ0n) is 12.8. The Hall–Kier alpha value is -0.240. The maximum atomic E-state index is 5.98. The molecule has 3 aliphatic rings. The highest BCUT2D eigenvalue weighted by atomic mass is 16.8. The molecule has 0 amide bonds. The monoisotopic (exact) mass is 288 g/mol. The molecule has 0 spiro atoms. The SMILES string of the molecule is CCO[C@H]1O[C@H]([C@@H]2COC(C)(C)O2)[C@@H]2OC(C)(C)O[C@H]12. The normalized spacial score (nSPS) is 45.8. The lowest BCUT2D eigenvalue weighted by atomic mass is 10.1. The Bertz CT molecular complexity index is 369. The third-order valence-electron chi connectivity index (χ3n) is 3.77. The van der Waals surface area contributed by atoms with Gasteiger partial charge in [0.05, 0.1) is 6.61 Å². The molecule has 0 aromatic rings. The maximum absolute atomic E-state index is 5.98. The van der Waals surface area contributed by atoms with Crippen LogP contribution >= 0.6 is 0 Å². The van der Waals surface area contributed by atoms with Crippen molar-refractivity contribution < 1.29 is 28.4 Å². The van der Waals surface area contributed by atoms with E-state index < -0.39 is 17.9 Å². The Morgan fingerprint density at radius 2 is 1.65 bits per heavy atom. The van der Waals surface area contributed by atoms with E-state index in [-0.39, 0.29) is 24.4 Å². The molecule has 0 aromatic heterocycles. The van der Waals surface area contributed by atoms with Gasteiger partial charge in [0.25, 0.3) is 0 Å². The number of ether oxygens (including phenoxy) is 6. The van der Waals surface area contributed by atoms with Gasteiger partial charge in [0.2, 0.25) is 0 Å². The molecule has 3 heterocycles. The van der Waals surface area contributed by atoms with Crippen LogP contribution in [0, 0.1) is 0 Å². The minimum Gasteiger partial charge on any atom is -0.350 e. The summed E-state index contributed by atoms with van der Waals surface area (Å²) < 4.78 is 35.0. The van der Waals surface area contributed by atoms with E-state index in [1.54, 1.807) is 0 Å². The van der Waals surface area contributed by atoms with Gasteiger partial charge in [-0.15, -0.1) is 0 Å². The van der Waals surface area contributed by atoms with Crippen LogP contribution in [0.3, 0.4) is 0 Å². The highest BCUT2D eigenvalue weighted by molar-refractivity contribution is 4.99. The molecule has 20 heavy (non-hydrogen) atoms. The highest BCUT2D eigenvalue weighted by Crippen LogP contribution is 2.42. The zero-order chi connectivity index (χ0) is 14.5. The summed E-state index contributed by atoms with van der Waals surface area (Å²) in [6, 6.07) is 0. The van der Waals surface area contributed by atoms with Gasteiger partial charge in [0.15, 0.2) is 17.9 Å². The van der Waals surface area contributed by atoms with Crippen molar-refractivity contribution in [2.45, 2.75) is 76.9 Å². The summed E-state index contributed by atoms with van der Waals surface area (Å²) in [7, 11) is 0. The molecular formula is C14H24O6. The van der Waals surface area contributed by atoms with Crippen LogP contribution in [-0.4, -0.2) is 55.5 Å². The van der Waals surface area contributed by atoms with Crippen molar-refractivity contribution in [3.05, 3.63) is 0 Å². The summed E-state index contributed by atoms with van der Waals surface area (Å²) in [6.45, 7) is 10.6. The Morgan fingerprint density at radius 1 is 0.950 bits per heavy atom. The number of rotatable bonds is 3. The molecule has 116 valence electrons. The molecular weight excluding hydrogens is 264 g/mol. The molecule has 0 unspecified atom stereocenters. The standard InChI is InChI=1S/C14H24O6/c1-6-15-12-11-10(19-14(4,5)20-11)9(17-12)8-7-16-13(2,3)18-8/h8-12H,6-7H2,1-5H3/t8-,9+,10-,11-,12-/m0/s1. The van der Waals surface area contributed by atoms with Crippen LogP contribution in [-0.2, 0) is 28.4 Å². The topological polar surface area (TPSA) is 55.4 Å². The average Bonchev–Trinajstić information content (AvgIpc) is 2.92. The van der Waals surface area contributed by atoms with Crippen LogP contribution in [0.4, 0.5) is 0 Å². The minimum absolute atomic E-state index is 0.166. The third-order valence-corrected chi connectivity index (χ3v) is 3.77.